The van der Waals surface area contributed by atoms with Gasteiger partial charge in [-0.05, 0) is 25.3 Å². The van der Waals surface area contributed by atoms with Crippen molar-refractivity contribution in [2.24, 2.45) is 4.99 Å². The van der Waals surface area contributed by atoms with E-state index in [9.17, 15) is 0 Å². The lowest BCUT2D eigenvalue weighted by atomic mass is 10.3. The van der Waals surface area contributed by atoms with E-state index in [1.807, 2.05) is 37.5 Å². The minimum atomic E-state index is 0.841. The zero-order valence-corrected chi connectivity index (χ0v) is 6.70. The number of hydrogen-bond acceptors (Lipinski definition) is 2. The first-order valence-electron chi connectivity index (χ1n) is 3.78. The number of nitrogens with zero attached hydrogens (tertiary/aromatic N) is 2. The van der Waals surface area contributed by atoms with E-state index in [1.54, 1.807) is 0 Å². The Hall–Kier alpha value is -1.18. The van der Waals surface area contributed by atoms with Crippen LogP contribution in [-0.2, 0) is 6.42 Å². The van der Waals surface area contributed by atoms with Gasteiger partial charge in [0.15, 0.2) is 0 Å². The van der Waals surface area contributed by atoms with Crippen molar-refractivity contribution < 1.29 is 0 Å². The molecule has 0 aliphatic heterocycles. The average Bonchev–Trinajstić information content (AvgIpc) is 2.07. The van der Waals surface area contributed by atoms with E-state index in [2.05, 4.69) is 9.98 Å². The van der Waals surface area contributed by atoms with E-state index >= 15 is 0 Å². The number of aliphatic imine (C=N–C) groups is 1. The van der Waals surface area contributed by atoms with Gasteiger partial charge in [-0.1, -0.05) is 6.07 Å². The van der Waals surface area contributed by atoms with E-state index in [0.717, 1.165) is 18.7 Å². The van der Waals surface area contributed by atoms with Gasteiger partial charge in [-0.2, -0.15) is 0 Å². The van der Waals surface area contributed by atoms with Crippen molar-refractivity contribution in [2.45, 2.75) is 13.3 Å². The molecule has 0 aliphatic carbocycles. The van der Waals surface area contributed by atoms with Crippen LogP contribution in [0, 0.1) is 0 Å². The zero-order valence-electron chi connectivity index (χ0n) is 6.70. The predicted octanol–water partition coefficient (Wildman–Crippen LogP) is 1.71. The summed E-state index contributed by atoms with van der Waals surface area (Å²) in [4.78, 5) is 8.28. The molecule has 0 bridgehead atoms. The Bertz CT molecular complexity index is 216. The van der Waals surface area contributed by atoms with Crippen LogP contribution in [-0.4, -0.2) is 17.7 Å². The predicted molar refractivity (Wildman–Crippen MR) is 47.0 cm³/mol. The largest absolute Gasteiger partial charge is 0.297 e. The Morgan fingerprint density at radius 1 is 1.55 bits per heavy atom. The first kappa shape index (κ1) is 7.92. The summed E-state index contributed by atoms with van der Waals surface area (Å²) in [5, 5.41) is 0. The van der Waals surface area contributed by atoms with Crippen LogP contribution in [0.1, 0.15) is 12.6 Å². The maximum atomic E-state index is 4.18. The molecule has 0 aliphatic rings. The van der Waals surface area contributed by atoms with Gasteiger partial charge in [0.05, 0.1) is 0 Å². The lowest BCUT2D eigenvalue weighted by Crippen LogP contribution is -1.91. The number of rotatable bonds is 3. The van der Waals surface area contributed by atoms with Gasteiger partial charge in [0.2, 0.25) is 0 Å². The Morgan fingerprint density at radius 2 is 2.45 bits per heavy atom. The van der Waals surface area contributed by atoms with Crippen LogP contribution >= 0.6 is 0 Å². The average molecular weight is 148 g/mol. The molecule has 0 N–H and O–H groups in total. The SMILES string of the molecule is CC=NCCc1ccccn1. The van der Waals surface area contributed by atoms with Crippen LogP contribution in [0.2, 0.25) is 0 Å². The molecule has 0 fully saturated rings. The van der Waals surface area contributed by atoms with Gasteiger partial charge < -0.3 is 0 Å². The summed E-state index contributed by atoms with van der Waals surface area (Å²) < 4.78 is 0. The fourth-order valence-corrected chi connectivity index (χ4v) is 0.854. The van der Waals surface area contributed by atoms with Crippen molar-refractivity contribution >= 4 is 6.21 Å². The van der Waals surface area contributed by atoms with Gasteiger partial charge in [0, 0.05) is 24.9 Å². The minimum absolute atomic E-state index is 0.841. The Balaban J connectivity index is 2.39. The quantitative estimate of drug-likeness (QED) is 0.599. The Labute approximate surface area is 67.0 Å². The second kappa shape index (κ2) is 4.61. The first-order chi connectivity index (χ1) is 5.43. The lowest BCUT2D eigenvalue weighted by Gasteiger charge is -1.94. The van der Waals surface area contributed by atoms with E-state index in [0.29, 0.717) is 0 Å². The Kier molecular flexibility index (Phi) is 3.32. The number of hydrogen-bond donors (Lipinski definition) is 0. The molecule has 0 radical (unpaired) electrons. The van der Waals surface area contributed by atoms with Gasteiger partial charge in [-0.15, -0.1) is 0 Å². The zero-order chi connectivity index (χ0) is 7.94. The fraction of sp³-hybridized carbons (Fsp3) is 0.333. The molecular weight excluding hydrogens is 136 g/mol. The van der Waals surface area contributed by atoms with Crippen LogP contribution in [0.4, 0.5) is 0 Å². The maximum Gasteiger partial charge on any atom is 0.0440 e. The van der Waals surface area contributed by atoms with Crippen molar-refractivity contribution in [3.8, 4) is 0 Å². The molecule has 1 rings (SSSR count). The normalized spacial score (nSPS) is 10.6. The molecule has 0 saturated carbocycles. The molecule has 0 atom stereocenters. The summed E-state index contributed by atoms with van der Waals surface area (Å²) >= 11 is 0. The summed E-state index contributed by atoms with van der Waals surface area (Å²) in [6, 6.07) is 5.94. The molecule has 0 aromatic carbocycles. The Morgan fingerprint density at radius 3 is 3.09 bits per heavy atom. The molecule has 1 aromatic rings. The third-order valence-corrected chi connectivity index (χ3v) is 1.41. The van der Waals surface area contributed by atoms with Crippen molar-refractivity contribution in [2.75, 3.05) is 6.54 Å². The van der Waals surface area contributed by atoms with Crippen LogP contribution in [0.15, 0.2) is 29.4 Å². The van der Waals surface area contributed by atoms with E-state index < -0.39 is 0 Å². The molecule has 0 amide bonds. The van der Waals surface area contributed by atoms with E-state index in [-0.39, 0.29) is 0 Å². The van der Waals surface area contributed by atoms with Crippen molar-refractivity contribution in [1.29, 1.82) is 0 Å². The minimum Gasteiger partial charge on any atom is -0.297 e. The second-order valence-corrected chi connectivity index (χ2v) is 2.24. The molecule has 2 nitrogen and oxygen atoms in total. The van der Waals surface area contributed by atoms with Gasteiger partial charge in [-0.3, -0.25) is 9.98 Å². The van der Waals surface area contributed by atoms with Crippen LogP contribution < -0.4 is 0 Å². The molecule has 1 aromatic heterocycles. The molecule has 11 heavy (non-hydrogen) atoms. The summed E-state index contributed by atoms with van der Waals surface area (Å²) in [5.74, 6) is 0. The van der Waals surface area contributed by atoms with E-state index in [4.69, 9.17) is 0 Å². The first-order valence-corrected chi connectivity index (χ1v) is 3.78. The highest BCUT2D eigenvalue weighted by Gasteiger charge is 1.88. The second-order valence-electron chi connectivity index (χ2n) is 2.24. The van der Waals surface area contributed by atoms with Crippen LogP contribution in [0.5, 0.6) is 0 Å². The van der Waals surface area contributed by atoms with Gasteiger partial charge in [-0.25, -0.2) is 0 Å². The summed E-state index contributed by atoms with van der Waals surface area (Å²) in [6.07, 6.45) is 4.57. The van der Waals surface area contributed by atoms with Gasteiger partial charge in [0.1, 0.15) is 0 Å². The third kappa shape index (κ3) is 2.94. The third-order valence-electron chi connectivity index (χ3n) is 1.41. The van der Waals surface area contributed by atoms with Crippen LogP contribution in [0.25, 0.3) is 0 Å². The fourth-order valence-electron chi connectivity index (χ4n) is 0.854. The summed E-state index contributed by atoms with van der Waals surface area (Å²) in [5.41, 5.74) is 1.11. The molecule has 0 saturated heterocycles. The maximum absolute atomic E-state index is 4.18. The smallest absolute Gasteiger partial charge is 0.0440 e. The van der Waals surface area contributed by atoms with Crippen LogP contribution in [0.3, 0.4) is 0 Å². The molecule has 0 unspecified atom stereocenters. The highest BCUT2D eigenvalue weighted by molar-refractivity contribution is 5.53. The van der Waals surface area contributed by atoms with Crippen molar-refractivity contribution in [1.82, 2.24) is 4.98 Å². The lowest BCUT2D eigenvalue weighted by molar-refractivity contribution is 0.926. The molecule has 0 spiro atoms. The van der Waals surface area contributed by atoms with E-state index in [1.165, 1.54) is 0 Å². The van der Waals surface area contributed by atoms with Gasteiger partial charge >= 0.3 is 0 Å². The highest BCUT2D eigenvalue weighted by atomic mass is 14.7. The molecule has 58 valence electrons. The standard InChI is InChI=1S/C9H12N2/c1-2-10-8-6-9-5-3-4-7-11-9/h2-5,7H,6,8H2,1H3. The molecular formula is C9H12N2. The van der Waals surface area contributed by atoms with Crippen molar-refractivity contribution in [3.63, 3.8) is 0 Å². The highest BCUT2D eigenvalue weighted by Crippen LogP contribution is 1.93. The number of aromatic nitrogens is 1. The topological polar surface area (TPSA) is 25.2 Å². The molecule has 2 heteroatoms. The summed E-state index contributed by atoms with van der Waals surface area (Å²) in [6.45, 7) is 2.77. The summed E-state index contributed by atoms with van der Waals surface area (Å²) in [7, 11) is 0. The number of pyridine rings is 1. The van der Waals surface area contributed by atoms with Crippen molar-refractivity contribution in [3.05, 3.63) is 30.1 Å². The van der Waals surface area contributed by atoms with Gasteiger partial charge in [0.25, 0.3) is 0 Å². The molecule has 1 heterocycles. The monoisotopic (exact) mass is 148 g/mol.